The van der Waals surface area contributed by atoms with Crippen LogP contribution < -0.4 is 11.1 Å². The fourth-order valence-corrected chi connectivity index (χ4v) is 4.54. The molecule has 1 amide bonds. The highest BCUT2D eigenvalue weighted by Gasteiger charge is 2.59. The lowest BCUT2D eigenvalue weighted by atomic mass is 9.68. The van der Waals surface area contributed by atoms with E-state index >= 15 is 0 Å². The van der Waals surface area contributed by atoms with E-state index in [-0.39, 0.29) is 11.3 Å². The molecular weight excluding hydrogens is 236 g/mol. The molecule has 3 N–H and O–H groups in total. The fraction of sp³-hybridized carbons (Fsp3) is 0.938. The van der Waals surface area contributed by atoms with Gasteiger partial charge in [-0.05, 0) is 48.5 Å². The summed E-state index contributed by atoms with van der Waals surface area (Å²) in [4.78, 5) is 12.3. The van der Waals surface area contributed by atoms with Crippen LogP contribution in [0.1, 0.15) is 59.8 Å². The molecule has 2 aliphatic carbocycles. The van der Waals surface area contributed by atoms with Gasteiger partial charge in [-0.15, -0.1) is 0 Å². The molecule has 2 fully saturated rings. The Morgan fingerprint density at radius 3 is 2.58 bits per heavy atom. The average molecular weight is 266 g/mol. The van der Waals surface area contributed by atoms with Crippen molar-refractivity contribution in [1.29, 1.82) is 0 Å². The molecule has 0 radical (unpaired) electrons. The van der Waals surface area contributed by atoms with Crippen LogP contribution in [0.4, 0.5) is 0 Å². The molecule has 4 unspecified atom stereocenters. The Labute approximate surface area is 117 Å². The SMILES string of the molecule is CCC(CN)CC(=O)NC1C2(C)CCC(C2)C1(C)C. The predicted molar refractivity (Wildman–Crippen MR) is 78.6 cm³/mol. The van der Waals surface area contributed by atoms with Crippen molar-refractivity contribution in [2.75, 3.05) is 6.54 Å². The van der Waals surface area contributed by atoms with Crippen molar-refractivity contribution in [3.63, 3.8) is 0 Å². The zero-order chi connectivity index (χ0) is 14.3. The summed E-state index contributed by atoms with van der Waals surface area (Å²) < 4.78 is 0. The van der Waals surface area contributed by atoms with Crippen LogP contribution in [0.2, 0.25) is 0 Å². The summed E-state index contributed by atoms with van der Waals surface area (Å²) in [5.41, 5.74) is 6.26. The standard InChI is InChI=1S/C16H30N2O/c1-5-11(10-17)8-13(19)18-14-15(2,3)12-6-7-16(14,4)9-12/h11-12,14H,5-10,17H2,1-4H3,(H,18,19). The van der Waals surface area contributed by atoms with Crippen LogP contribution in [0, 0.1) is 22.7 Å². The second kappa shape index (κ2) is 5.08. The van der Waals surface area contributed by atoms with E-state index in [4.69, 9.17) is 5.73 Å². The molecule has 0 aromatic rings. The van der Waals surface area contributed by atoms with Gasteiger partial charge < -0.3 is 11.1 Å². The van der Waals surface area contributed by atoms with E-state index < -0.39 is 0 Å². The third kappa shape index (κ3) is 2.54. The van der Waals surface area contributed by atoms with Crippen LogP contribution in [0.5, 0.6) is 0 Å². The first kappa shape index (κ1) is 14.8. The molecule has 0 aromatic carbocycles. The van der Waals surface area contributed by atoms with Gasteiger partial charge in [0, 0.05) is 12.5 Å². The first-order valence-corrected chi connectivity index (χ1v) is 7.83. The van der Waals surface area contributed by atoms with Gasteiger partial charge in [0.2, 0.25) is 5.91 Å². The Balaban J connectivity index is 2.00. The second-order valence-corrected chi connectivity index (χ2v) is 7.63. The van der Waals surface area contributed by atoms with E-state index in [0.29, 0.717) is 30.3 Å². The first-order valence-electron chi connectivity index (χ1n) is 7.83. The Morgan fingerprint density at radius 2 is 2.11 bits per heavy atom. The molecule has 110 valence electrons. The zero-order valence-corrected chi connectivity index (χ0v) is 13.0. The third-order valence-electron chi connectivity index (χ3n) is 5.96. The van der Waals surface area contributed by atoms with E-state index in [0.717, 1.165) is 12.3 Å². The van der Waals surface area contributed by atoms with Crippen molar-refractivity contribution in [3.05, 3.63) is 0 Å². The molecular formula is C16H30N2O. The number of amides is 1. The van der Waals surface area contributed by atoms with Gasteiger partial charge in [-0.2, -0.15) is 0 Å². The topological polar surface area (TPSA) is 55.1 Å². The van der Waals surface area contributed by atoms with Crippen molar-refractivity contribution in [3.8, 4) is 0 Å². The lowest BCUT2D eigenvalue weighted by Gasteiger charge is -2.43. The summed E-state index contributed by atoms with van der Waals surface area (Å²) in [6.07, 6.45) is 5.44. The lowest BCUT2D eigenvalue weighted by Crippen LogP contribution is -2.52. The number of rotatable bonds is 5. The summed E-state index contributed by atoms with van der Waals surface area (Å²) in [6, 6.07) is 0.335. The number of nitrogens with two attached hydrogens (primary N) is 1. The Bertz CT molecular complexity index is 344. The number of carbonyl (C=O) groups excluding carboxylic acids is 1. The number of fused-ring (bicyclic) bond motifs is 2. The van der Waals surface area contributed by atoms with Gasteiger partial charge in [0.1, 0.15) is 0 Å². The normalized spacial score (nSPS) is 37.3. The quantitative estimate of drug-likeness (QED) is 0.804. The molecule has 3 heteroatoms. The molecule has 2 aliphatic rings. The molecule has 0 aliphatic heterocycles. The number of hydrogen-bond acceptors (Lipinski definition) is 2. The molecule has 0 aromatic heterocycles. The van der Waals surface area contributed by atoms with Crippen LogP contribution in [0.25, 0.3) is 0 Å². The lowest BCUT2D eigenvalue weighted by molar-refractivity contribution is -0.124. The van der Waals surface area contributed by atoms with Crippen LogP contribution in [-0.4, -0.2) is 18.5 Å². The van der Waals surface area contributed by atoms with Gasteiger partial charge in [0.25, 0.3) is 0 Å². The molecule has 0 saturated heterocycles. The van der Waals surface area contributed by atoms with Crippen LogP contribution in [-0.2, 0) is 4.79 Å². The highest BCUT2D eigenvalue weighted by molar-refractivity contribution is 5.76. The van der Waals surface area contributed by atoms with Gasteiger partial charge in [-0.25, -0.2) is 0 Å². The summed E-state index contributed by atoms with van der Waals surface area (Å²) in [6.45, 7) is 9.72. The first-order chi connectivity index (χ1) is 8.83. The van der Waals surface area contributed by atoms with Crippen LogP contribution in [0.15, 0.2) is 0 Å². The van der Waals surface area contributed by atoms with Gasteiger partial charge >= 0.3 is 0 Å². The highest BCUT2D eigenvalue weighted by Crippen LogP contribution is 2.62. The molecule has 0 spiro atoms. The largest absolute Gasteiger partial charge is 0.352 e. The average Bonchev–Trinajstić information content (AvgIpc) is 2.83. The van der Waals surface area contributed by atoms with Gasteiger partial charge in [0.15, 0.2) is 0 Å². The third-order valence-corrected chi connectivity index (χ3v) is 5.96. The summed E-state index contributed by atoms with van der Waals surface area (Å²) in [5.74, 6) is 1.30. The molecule has 19 heavy (non-hydrogen) atoms. The minimum Gasteiger partial charge on any atom is -0.352 e. The van der Waals surface area contributed by atoms with E-state index in [2.05, 4.69) is 33.0 Å². The number of nitrogens with one attached hydrogen (secondary N) is 1. The smallest absolute Gasteiger partial charge is 0.220 e. The second-order valence-electron chi connectivity index (χ2n) is 7.63. The van der Waals surface area contributed by atoms with E-state index in [1.807, 2.05) is 0 Å². The maximum atomic E-state index is 12.3. The molecule has 0 heterocycles. The molecule has 4 atom stereocenters. The van der Waals surface area contributed by atoms with Crippen molar-refractivity contribution in [2.45, 2.75) is 65.8 Å². The Hall–Kier alpha value is -0.570. The van der Waals surface area contributed by atoms with Gasteiger partial charge in [-0.1, -0.05) is 34.1 Å². The summed E-state index contributed by atoms with van der Waals surface area (Å²) >= 11 is 0. The van der Waals surface area contributed by atoms with Crippen LogP contribution >= 0.6 is 0 Å². The summed E-state index contributed by atoms with van der Waals surface area (Å²) in [5, 5.41) is 3.35. The van der Waals surface area contributed by atoms with Crippen LogP contribution in [0.3, 0.4) is 0 Å². The predicted octanol–water partition coefficient (Wildman–Crippen LogP) is 2.69. The van der Waals surface area contributed by atoms with Crippen molar-refractivity contribution < 1.29 is 4.79 Å². The van der Waals surface area contributed by atoms with E-state index in [1.54, 1.807) is 0 Å². The van der Waals surface area contributed by atoms with Crippen molar-refractivity contribution in [1.82, 2.24) is 5.32 Å². The minimum absolute atomic E-state index is 0.198. The monoisotopic (exact) mass is 266 g/mol. The maximum absolute atomic E-state index is 12.3. The summed E-state index contributed by atoms with van der Waals surface area (Å²) in [7, 11) is 0. The number of carbonyl (C=O) groups is 1. The number of hydrogen-bond donors (Lipinski definition) is 2. The molecule has 2 saturated carbocycles. The minimum atomic E-state index is 0.198. The van der Waals surface area contributed by atoms with Gasteiger partial charge in [0.05, 0.1) is 0 Å². The molecule has 2 rings (SSSR count). The van der Waals surface area contributed by atoms with E-state index in [1.165, 1.54) is 19.3 Å². The molecule has 2 bridgehead atoms. The zero-order valence-electron chi connectivity index (χ0n) is 13.0. The fourth-order valence-electron chi connectivity index (χ4n) is 4.54. The highest BCUT2D eigenvalue weighted by atomic mass is 16.1. The Kier molecular flexibility index (Phi) is 3.97. The van der Waals surface area contributed by atoms with Crippen molar-refractivity contribution in [2.24, 2.45) is 28.4 Å². The maximum Gasteiger partial charge on any atom is 0.220 e. The van der Waals surface area contributed by atoms with Crippen molar-refractivity contribution >= 4 is 5.91 Å². The Morgan fingerprint density at radius 1 is 1.42 bits per heavy atom. The van der Waals surface area contributed by atoms with E-state index in [9.17, 15) is 4.79 Å². The van der Waals surface area contributed by atoms with Gasteiger partial charge in [-0.3, -0.25) is 4.79 Å². The molecule has 3 nitrogen and oxygen atoms in total.